The number of alkyl halides is 2. The maximum absolute atomic E-state index is 14.5. The number of nitrogens with one attached hydrogen (secondary N) is 1. The summed E-state index contributed by atoms with van der Waals surface area (Å²) in [5, 5.41) is 2.20. The third kappa shape index (κ3) is 4.91. The number of aliphatic imine (C=N–C) groups is 1. The predicted molar refractivity (Wildman–Crippen MR) is 101 cm³/mol. The van der Waals surface area contributed by atoms with Gasteiger partial charge in [0.2, 0.25) is 5.88 Å². The first-order valence-corrected chi connectivity index (χ1v) is 8.67. The fourth-order valence-corrected chi connectivity index (χ4v) is 2.91. The number of methoxy groups -OCH3 is 1. The molecule has 0 unspecified atom stereocenters. The van der Waals surface area contributed by atoms with Gasteiger partial charge in [-0.2, -0.15) is 0 Å². The number of amides is 1. The van der Waals surface area contributed by atoms with Crippen molar-refractivity contribution in [1.29, 1.82) is 0 Å². The van der Waals surface area contributed by atoms with Crippen LogP contribution in [0.1, 0.15) is 15.2 Å². The number of anilines is 1. The van der Waals surface area contributed by atoms with Crippen molar-refractivity contribution in [3.8, 4) is 5.88 Å². The van der Waals surface area contributed by atoms with Crippen LogP contribution < -0.4 is 15.8 Å². The largest absolute Gasteiger partial charge is 0.418 e. The predicted octanol–water partition coefficient (Wildman–Crippen LogP) is 2.96. The van der Waals surface area contributed by atoms with Crippen LogP contribution >= 0.6 is 0 Å². The molecule has 0 saturated heterocycles. The summed E-state index contributed by atoms with van der Waals surface area (Å²) in [6.45, 7) is -1.50. The maximum atomic E-state index is 14.5. The van der Waals surface area contributed by atoms with E-state index in [2.05, 4.69) is 20.0 Å². The molecule has 1 aromatic heterocycles. The van der Waals surface area contributed by atoms with E-state index in [1.807, 2.05) is 0 Å². The Morgan fingerprint density at radius 2 is 2.23 bits per heavy atom. The van der Waals surface area contributed by atoms with E-state index in [4.69, 9.17) is 19.3 Å². The van der Waals surface area contributed by atoms with Gasteiger partial charge in [0.1, 0.15) is 24.1 Å². The van der Waals surface area contributed by atoms with Gasteiger partial charge in [-0.25, -0.2) is 27.3 Å². The molecule has 166 valence electrons. The highest BCUT2D eigenvalue weighted by molar-refractivity contribution is 5.86. The minimum atomic E-state index is -3.19. The summed E-state index contributed by atoms with van der Waals surface area (Å²) in [5.74, 6) is -2.59. The Morgan fingerprint density at radius 1 is 1.42 bits per heavy atom. The number of aromatic nitrogens is 1. The van der Waals surface area contributed by atoms with Gasteiger partial charge in [-0.3, -0.25) is 10.3 Å². The number of pyridine rings is 1. The average Bonchev–Trinajstić information content (AvgIpc) is 2.74. The van der Waals surface area contributed by atoms with Crippen molar-refractivity contribution in [2.75, 3.05) is 25.6 Å². The Hall–Kier alpha value is -3.25. The van der Waals surface area contributed by atoms with Gasteiger partial charge >= 0.3 is 6.09 Å². The van der Waals surface area contributed by atoms with Crippen LogP contribution in [0.2, 0.25) is 0 Å². The van der Waals surface area contributed by atoms with Crippen LogP contribution in [0.3, 0.4) is 0 Å². The van der Waals surface area contributed by atoms with Gasteiger partial charge in [0.05, 0.1) is 23.5 Å². The molecule has 1 atom stereocenters. The van der Waals surface area contributed by atoms with E-state index in [1.165, 1.54) is 0 Å². The molecule has 3 N–H and O–H groups in total. The van der Waals surface area contributed by atoms with E-state index in [1.54, 1.807) is 0 Å². The zero-order chi connectivity index (χ0) is 25.1. The van der Waals surface area contributed by atoms with Crippen LogP contribution in [0.25, 0.3) is 0 Å². The maximum Gasteiger partial charge on any atom is 0.418 e. The molecule has 0 radical (unpaired) electrons. The zero-order valence-corrected chi connectivity index (χ0v) is 15.7. The van der Waals surface area contributed by atoms with Crippen molar-refractivity contribution in [3.63, 3.8) is 0 Å². The molecular weight excluding hydrogens is 424 g/mol. The van der Waals surface area contributed by atoms with Gasteiger partial charge in [-0.15, -0.1) is 0 Å². The number of nitrogens with zero attached hydrogens (tertiary/aromatic N) is 2. The van der Waals surface area contributed by atoms with E-state index in [9.17, 15) is 22.4 Å². The monoisotopic (exact) mass is 445 g/mol. The standard InChI is InChI=1S/C19H18F4N4O4/c1-29-7-10-4-11(20)6-25-16(10)31-18(28)26-12-2-3-14(21)13(5-12)19(17(22)23)9-30-8-15(24)27-19/h2-6,17H,7-9H2,1H3,(H2,24,27)(H,26,28)/t19-/m0/s1/i1D3. The molecule has 0 aliphatic carbocycles. The van der Waals surface area contributed by atoms with Crippen LogP contribution in [0.4, 0.5) is 28.0 Å². The summed E-state index contributed by atoms with van der Waals surface area (Å²) in [6.07, 6.45) is -3.68. The molecule has 8 nitrogen and oxygen atoms in total. The number of halogens is 4. The minimum absolute atomic E-state index is 0.150. The molecule has 31 heavy (non-hydrogen) atoms. The highest BCUT2D eigenvalue weighted by Crippen LogP contribution is 2.38. The SMILES string of the molecule is [2H]C([2H])([2H])OCc1cc(F)cnc1OC(=O)Nc1ccc(F)c([C@]2(C(F)F)COCC(N)=N2)c1. The highest BCUT2D eigenvalue weighted by atomic mass is 19.3. The number of amidine groups is 1. The zero-order valence-electron chi connectivity index (χ0n) is 18.7. The lowest BCUT2D eigenvalue weighted by atomic mass is 9.90. The summed E-state index contributed by atoms with van der Waals surface area (Å²) in [6, 6.07) is 3.69. The molecule has 1 aliphatic rings. The third-order valence-electron chi connectivity index (χ3n) is 4.26. The first-order valence-electron chi connectivity index (χ1n) is 10.2. The molecule has 0 fully saturated rings. The average molecular weight is 445 g/mol. The molecule has 1 amide bonds. The molecule has 0 spiro atoms. The molecule has 2 aromatic rings. The number of ether oxygens (including phenoxy) is 3. The molecule has 1 aromatic carbocycles. The number of hydrogen-bond acceptors (Lipinski definition) is 7. The number of benzene rings is 1. The minimum Gasteiger partial charge on any atom is -0.391 e. The van der Waals surface area contributed by atoms with Crippen LogP contribution in [0.5, 0.6) is 5.88 Å². The number of nitrogens with two attached hydrogens (primary N) is 1. The fourth-order valence-electron chi connectivity index (χ4n) is 2.91. The first kappa shape index (κ1) is 18.5. The second-order valence-corrected chi connectivity index (χ2v) is 6.44. The summed E-state index contributed by atoms with van der Waals surface area (Å²) in [4.78, 5) is 19.6. The van der Waals surface area contributed by atoms with Gasteiger partial charge in [-0.1, -0.05) is 0 Å². The lowest BCUT2D eigenvalue weighted by Crippen LogP contribution is -2.45. The fraction of sp³-hybridized carbons (Fsp3) is 0.316. The second kappa shape index (κ2) is 9.27. The Kier molecular flexibility index (Phi) is 5.53. The van der Waals surface area contributed by atoms with Gasteiger partial charge < -0.3 is 19.9 Å². The van der Waals surface area contributed by atoms with E-state index in [0.29, 0.717) is 0 Å². The third-order valence-corrected chi connectivity index (χ3v) is 4.26. The highest BCUT2D eigenvalue weighted by Gasteiger charge is 2.46. The smallest absolute Gasteiger partial charge is 0.391 e. The summed E-state index contributed by atoms with van der Waals surface area (Å²) < 4.78 is 91.5. The molecule has 0 bridgehead atoms. The van der Waals surface area contributed by atoms with E-state index < -0.39 is 61.4 Å². The van der Waals surface area contributed by atoms with E-state index in [-0.39, 0.29) is 23.7 Å². The van der Waals surface area contributed by atoms with Crippen LogP contribution in [-0.2, 0) is 21.6 Å². The summed E-state index contributed by atoms with van der Waals surface area (Å²) in [5.41, 5.74) is 2.18. The van der Waals surface area contributed by atoms with Crippen LogP contribution in [0, 0.1) is 11.6 Å². The Bertz CT molecular complexity index is 1100. The van der Waals surface area contributed by atoms with E-state index >= 15 is 0 Å². The molecule has 3 rings (SSSR count). The van der Waals surface area contributed by atoms with Crippen LogP contribution in [0.15, 0.2) is 35.5 Å². The van der Waals surface area contributed by atoms with Crippen molar-refractivity contribution in [1.82, 2.24) is 4.98 Å². The Balaban J connectivity index is 1.83. The van der Waals surface area contributed by atoms with Gasteiger partial charge in [0.25, 0.3) is 6.43 Å². The first-order chi connectivity index (χ1) is 15.9. The van der Waals surface area contributed by atoms with Gasteiger partial charge in [-0.05, 0) is 24.3 Å². The molecule has 0 saturated carbocycles. The number of rotatable bonds is 6. The number of carbonyl (C=O) groups is 1. The van der Waals surface area contributed by atoms with Crippen molar-refractivity contribution >= 4 is 17.6 Å². The summed E-state index contributed by atoms with van der Waals surface area (Å²) >= 11 is 0. The van der Waals surface area contributed by atoms with Crippen molar-refractivity contribution < 1.29 is 40.7 Å². The van der Waals surface area contributed by atoms with Crippen molar-refractivity contribution in [3.05, 3.63) is 53.2 Å². The van der Waals surface area contributed by atoms with Gasteiger partial charge in [0, 0.05) is 23.9 Å². The number of carbonyl (C=O) groups excluding carboxylic acids is 1. The molecule has 12 heteroatoms. The lowest BCUT2D eigenvalue weighted by Gasteiger charge is -2.33. The van der Waals surface area contributed by atoms with Gasteiger partial charge in [0.15, 0.2) is 5.54 Å². The number of hydrogen-bond donors (Lipinski definition) is 2. The van der Waals surface area contributed by atoms with Crippen molar-refractivity contribution in [2.45, 2.75) is 18.6 Å². The molecule has 1 aliphatic heterocycles. The molecular formula is C19H18F4N4O4. The molecule has 2 heterocycles. The Labute approximate surface area is 178 Å². The Morgan fingerprint density at radius 3 is 2.94 bits per heavy atom. The normalized spacial score (nSPS) is 20.4. The van der Waals surface area contributed by atoms with E-state index in [0.717, 1.165) is 30.5 Å². The quantitative estimate of drug-likeness (QED) is 0.662. The second-order valence-electron chi connectivity index (χ2n) is 6.44. The lowest BCUT2D eigenvalue weighted by molar-refractivity contribution is -0.0145. The van der Waals surface area contributed by atoms with Crippen LogP contribution in [-0.4, -0.2) is 43.6 Å². The van der Waals surface area contributed by atoms with Crippen molar-refractivity contribution in [2.24, 2.45) is 10.7 Å². The summed E-state index contributed by atoms with van der Waals surface area (Å²) in [7, 11) is -2.80. The topological polar surface area (TPSA) is 108 Å².